The van der Waals surface area contributed by atoms with Gasteiger partial charge in [0, 0.05) is 15.8 Å². The Hall–Kier alpha value is -3.51. The fraction of sp³-hybridized carbons (Fsp3) is 0.250. The fourth-order valence-electron chi connectivity index (χ4n) is 4.69. The molecule has 0 bridgehead atoms. The SMILES string of the molecule is COC(=O)c1c(NC(=O)c2cc(-c3ccccc3C)nc3ccccc23)sc2c1CCC(C)C2. The number of nitrogens with one attached hydrogen (secondary N) is 1. The molecule has 5 rings (SSSR count). The van der Waals surface area contributed by atoms with Gasteiger partial charge in [-0.15, -0.1) is 11.3 Å². The van der Waals surface area contributed by atoms with Crippen molar-refractivity contribution in [2.24, 2.45) is 5.92 Å². The first-order valence-corrected chi connectivity index (χ1v) is 12.3. The molecule has 1 atom stereocenters. The van der Waals surface area contributed by atoms with Crippen LogP contribution in [-0.4, -0.2) is 24.0 Å². The number of aromatic nitrogens is 1. The van der Waals surface area contributed by atoms with Crippen LogP contribution in [0.5, 0.6) is 0 Å². The van der Waals surface area contributed by atoms with Crippen molar-refractivity contribution in [3.05, 3.63) is 81.7 Å². The first kappa shape index (κ1) is 22.3. The third-order valence-corrected chi connectivity index (χ3v) is 7.68. The average molecular weight is 471 g/mol. The first-order chi connectivity index (χ1) is 16.5. The van der Waals surface area contributed by atoms with Gasteiger partial charge in [-0.3, -0.25) is 4.79 Å². The van der Waals surface area contributed by atoms with E-state index in [0.717, 1.165) is 57.4 Å². The zero-order valence-corrected chi connectivity index (χ0v) is 20.3. The largest absolute Gasteiger partial charge is 0.465 e. The van der Waals surface area contributed by atoms with E-state index < -0.39 is 5.97 Å². The van der Waals surface area contributed by atoms with Gasteiger partial charge in [0.2, 0.25) is 0 Å². The van der Waals surface area contributed by atoms with Gasteiger partial charge < -0.3 is 10.1 Å². The highest BCUT2D eigenvalue weighted by Crippen LogP contribution is 2.40. The normalized spacial score (nSPS) is 15.1. The molecule has 0 saturated heterocycles. The number of methoxy groups -OCH3 is 1. The predicted octanol–water partition coefficient (Wildman–Crippen LogP) is 6.44. The van der Waals surface area contributed by atoms with Gasteiger partial charge in [0.05, 0.1) is 29.4 Å². The maximum Gasteiger partial charge on any atom is 0.341 e. The molecule has 5 nitrogen and oxygen atoms in total. The molecule has 2 aromatic carbocycles. The van der Waals surface area contributed by atoms with E-state index in [2.05, 4.69) is 12.2 Å². The molecule has 6 heteroatoms. The lowest BCUT2D eigenvalue weighted by atomic mass is 9.88. The second kappa shape index (κ2) is 9.03. The summed E-state index contributed by atoms with van der Waals surface area (Å²) >= 11 is 1.49. The van der Waals surface area contributed by atoms with Gasteiger partial charge in [0.25, 0.3) is 5.91 Å². The molecule has 1 N–H and O–H groups in total. The number of nitrogens with zero attached hydrogens (tertiary/aromatic N) is 1. The van der Waals surface area contributed by atoms with Crippen LogP contribution in [0.15, 0.2) is 54.6 Å². The molecule has 172 valence electrons. The van der Waals surface area contributed by atoms with Crippen LogP contribution < -0.4 is 5.32 Å². The molecular formula is C28H26N2O3S. The number of esters is 1. The van der Waals surface area contributed by atoms with E-state index >= 15 is 0 Å². The van der Waals surface area contributed by atoms with Crippen LogP contribution in [0.25, 0.3) is 22.2 Å². The summed E-state index contributed by atoms with van der Waals surface area (Å²) in [6.45, 7) is 4.25. The Bertz CT molecular complexity index is 1420. The summed E-state index contributed by atoms with van der Waals surface area (Å²) in [5.41, 5.74) is 5.61. The molecule has 34 heavy (non-hydrogen) atoms. The Kier molecular flexibility index (Phi) is 5.92. The number of ether oxygens (including phenoxy) is 1. The Labute approximate surface area is 202 Å². The molecular weight excluding hydrogens is 444 g/mol. The van der Waals surface area contributed by atoms with Crippen LogP contribution in [0.3, 0.4) is 0 Å². The van der Waals surface area contributed by atoms with E-state index in [4.69, 9.17) is 9.72 Å². The number of anilines is 1. The van der Waals surface area contributed by atoms with E-state index in [1.165, 1.54) is 18.4 Å². The van der Waals surface area contributed by atoms with Crippen molar-refractivity contribution in [2.75, 3.05) is 12.4 Å². The molecule has 0 fully saturated rings. The topological polar surface area (TPSA) is 68.3 Å². The number of amides is 1. The van der Waals surface area contributed by atoms with Crippen molar-refractivity contribution < 1.29 is 14.3 Å². The minimum Gasteiger partial charge on any atom is -0.465 e. The molecule has 0 radical (unpaired) electrons. The second-order valence-electron chi connectivity index (χ2n) is 8.89. The zero-order chi connectivity index (χ0) is 23.8. The lowest BCUT2D eigenvalue weighted by molar-refractivity contribution is 0.0601. The maximum absolute atomic E-state index is 13.7. The van der Waals surface area contributed by atoms with Gasteiger partial charge >= 0.3 is 5.97 Å². The third kappa shape index (κ3) is 3.99. The van der Waals surface area contributed by atoms with Crippen LogP contribution in [0.2, 0.25) is 0 Å². The number of rotatable bonds is 4. The molecule has 0 aliphatic heterocycles. The van der Waals surface area contributed by atoms with Gasteiger partial charge in [0.1, 0.15) is 5.00 Å². The molecule has 1 amide bonds. The van der Waals surface area contributed by atoms with Crippen molar-refractivity contribution in [2.45, 2.75) is 33.1 Å². The van der Waals surface area contributed by atoms with E-state index in [0.29, 0.717) is 22.0 Å². The Balaban J connectivity index is 1.60. The van der Waals surface area contributed by atoms with Crippen LogP contribution in [0.4, 0.5) is 5.00 Å². The number of fused-ring (bicyclic) bond motifs is 2. The number of carbonyl (C=O) groups is 2. The Morgan fingerprint density at radius 2 is 1.88 bits per heavy atom. The molecule has 0 spiro atoms. The summed E-state index contributed by atoms with van der Waals surface area (Å²) < 4.78 is 5.08. The van der Waals surface area contributed by atoms with E-state index in [-0.39, 0.29) is 5.91 Å². The lowest BCUT2D eigenvalue weighted by Gasteiger charge is -2.18. The molecule has 1 unspecified atom stereocenters. The molecule has 4 aromatic rings. The van der Waals surface area contributed by atoms with Crippen molar-refractivity contribution in [1.29, 1.82) is 0 Å². The minimum absolute atomic E-state index is 0.259. The van der Waals surface area contributed by atoms with Gasteiger partial charge in [-0.1, -0.05) is 49.4 Å². The summed E-state index contributed by atoms with van der Waals surface area (Å²) in [5.74, 6) is -0.103. The van der Waals surface area contributed by atoms with Crippen LogP contribution in [-0.2, 0) is 17.6 Å². The number of aryl methyl sites for hydroxylation is 1. The van der Waals surface area contributed by atoms with Crippen molar-refractivity contribution in [3.63, 3.8) is 0 Å². The number of carbonyl (C=O) groups excluding carboxylic acids is 2. The van der Waals surface area contributed by atoms with Gasteiger partial charge in [-0.25, -0.2) is 9.78 Å². The number of thiophene rings is 1. The highest BCUT2D eigenvalue weighted by atomic mass is 32.1. The summed E-state index contributed by atoms with van der Waals surface area (Å²) in [5, 5.41) is 4.38. The zero-order valence-electron chi connectivity index (χ0n) is 19.5. The average Bonchev–Trinajstić information content (AvgIpc) is 3.19. The summed E-state index contributed by atoms with van der Waals surface area (Å²) in [6, 6.07) is 17.5. The molecule has 2 aromatic heterocycles. The summed E-state index contributed by atoms with van der Waals surface area (Å²) in [4.78, 5) is 32.3. The minimum atomic E-state index is -0.400. The molecule has 1 aliphatic rings. The van der Waals surface area contributed by atoms with E-state index in [1.54, 1.807) is 0 Å². The highest BCUT2D eigenvalue weighted by molar-refractivity contribution is 7.17. The van der Waals surface area contributed by atoms with Crippen LogP contribution >= 0.6 is 11.3 Å². The van der Waals surface area contributed by atoms with E-state index in [9.17, 15) is 9.59 Å². The van der Waals surface area contributed by atoms with Gasteiger partial charge in [-0.2, -0.15) is 0 Å². The Morgan fingerprint density at radius 3 is 2.68 bits per heavy atom. The van der Waals surface area contributed by atoms with Crippen LogP contribution in [0.1, 0.15) is 50.1 Å². The monoisotopic (exact) mass is 470 g/mol. The highest BCUT2D eigenvalue weighted by Gasteiger charge is 2.29. The molecule has 1 aliphatic carbocycles. The number of benzene rings is 2. The number of pyridine rings is 1. The molecule has 2 heterocycles. The quantitative estimate of drug-likeness (QED) is 0.349. The van der Waals surface area contributed by atoms with Crippen molar-refractivity contribution in [1.82, 2.24) is 4.98 Å². The van der Waals surface area contributed by atoms with Gasteiger partial charge in [-0.05, 0) is 55.4 Å². The van der Waals surface area contributed by atoms with E-state index in [1.807, 2.05) is 61.5 Å². The summed E-state index contributed by atoms with van der Waals surface area (Å²) in [6.07, 6.45) is 2.76. The number of para-hydroxylation sites is 1. The molecule has 0 saturated carbocycles. The van der Waals surface area contributed by atoms with Gasteiger partial charge in [0.15, 0.2) is 0 Å². The maximum atomic E-state index is 13.7. The smallest absolute Gasteiger partial charge is 0.341 e. The van der Waals surface area contributed by atoms with Crippen LogP contribution in [0, 0.1) is 12.8 Å². The predicted molar refractivity (Wildman–Crippen MR) is 137 cm³/mol. The number of hydrogen-bond donors (Lipinski definition) is 1. The summed E-state index contributed by atoms with van der Waals surface area (Å²) in [7, 11) is 1.38. The third-order valence-electron chi connectivity index (χ3n) is 6.51. The Morgan fingerprint density at radius 1 is 1.12 bits per heavy atom. The lowest BCUT2D eigenvalue weighted by Crippen LogP contribution is -2.16. The van der Waals surface area contributed by atoms with Crippen molar-refractivity contribution in [3.8, 4) is 11.3 Å². The first-order valence-electron chi connectivity index (χ1n) is 11.5. The number of hydrogen-bond acceptors (Lipinski definition) is 5. The second-order valence-corrected chi connectivity index (χ2v) is 9.99. The fourth-order valence-corrected chi connectivity index (χ4v) is 6.08. The standard InChI is InChI=1S/C28H26N2O3S/c1-16-12-13-20-24(14-16)34-27(25(20)28(32)33-3)30-26(31)21-15-23(18-9-5-4-8-17(18)2)29-22-11-7-6-10-19(21)22/h4-11,15-16H,12-14H2,1-3H3,(H,30,31). The van der Waals surface area contributed by atoms with Crippen molar-refractivity contribution >= 4 is 39.1 Å².